The van der Waals surface area contributed by atoms with E-state index in [1.54, 1.807) is 12.1 Å². The normalized spacial score (nSPS) is 12.4. The molecule has 0 saturated heterocycles. The van der Waals surface area contributed by atoms with Crippen molar-refractivity contribution in [2.24, 2.45) is 5.84 Å². The highest BCUT2D eigenvalue weighted by molar-refractivity contribution is 6.33. The van der Waals surface area contributed by atoms with Gasteiger partial charge in [-0.2, -0.15) is 0 Å². The van der Waals surface area contributed by atoms with Crippen LogP contribution in [0.2, 0.25) is 10.0 Å². The van der Waals surface area contributed by atoms with E-state index in [-0.39, 0.29) is 6.04 Å². The molecule has 0 spiro atoms. The lowest BCUT2D eigenvalue weighted by Gasteiger charge is -2.20. The molecular formula is C16H18Cl2N2. The Morgan fingerprint density at radius 3 is 2.35 bits per heavy atom. The molecule has 3 N–H and O–H groups in total. The smallest absolute Gasteiger partial charge is 0.0515 e. The Morgan fingerprint density at radius 2 is 1.75 bits per heavy atom. The van der Waals surface area contributed by atoms with Crippen LogP contribution in [-0.4, -0.2) is 0 Å². The van der Waals surface area contributed by atoms with E-state index in [1.165, 1.54) is 16.7 Å². The van der Waals surface area contributed by atoms with Crippen LogP contribution in [-0.2, 0) is 6.42 Å². The Kier molecular flexibility index (Phi) is 5.06. The maximum atomic E-state index is 6.26. The van der Waals surface area contributed by atoms with Crippen molar-refractivity contribution in [1.29, 1.82) is 0 Å². The molecule has 0 saturated carbocycles. The van der Waals surface area contributed by atoms with E-state index in [0.29, 0.717) is 10.0 Å². The Morgan fingerprint density at radius 1 is 1.10 bits per heavy atom. The SMILES string of the molecule is Cc1cccc(C)c1CC(NN)c1cc(Cl)ccc1Cl. The maximum Gasteiger partial charge on any atom is 0.0515 e. The zero-order valence-electron chi connectivity index (χ0n) is 11.6. The highest BCUT2D eigenvalue weighted by atomic mass is 35.5. The number of halogens is 2. The number of nitrogens with one attached hydrogen (secondary N) is 1. The molecule has 0 bridgehead atoms. The summed E-state index contributed by atoms with van der Waals surface area (Å²) in [6.45, 7) is 4.21. The van der Waals surface area contributed by atoms with Gasteiger partial charge >= 0.3 is 0 Å². The molecule has 0 aliphatic carbocycles. The van der Waals surface area contributed by atoms with Crippen LogP contribution < -0.4 is 11.3 Å². The molecular weight excluding hydrogens is 291 g/mol. The summed E-state index contributed by atoms with van der Waals surface area (Å²) in [5.41, 5.74) is 7.56. The van der Waals surface area contributed by atoms with Crippen LogP contribution in [0.1, 0.15) is 28.3 Å². The lowest BCUT2D eigenvalue weighted by Crippen LogP contribution is -2.30. The summed E-state index contributed by atoms with van der Waals surface area (Å²) in [4.78, 5) is 0. The number of benzene rings is 2. The van der Waals surface area contributed by atoms with Gasteiger partial charge in [0.1, 0.15) is 0 Å². The van der Waals surface area contributed by atoms with Gasteiger partial charge in [-0.15, -0.1) is 0 Å². The maximum absolute atomic E-state index is 6.26. The summed E-state index contributed by atoms with van der Waals surface area (Å²) >= 11 is 12.3. The van der Waals surface area contributed by atoms with E-state index in [2.05, 4.69) is 37.5 Å². The number of nitrogens with two attached hydrogens (primary N) is 1. The van der Waals surface area contributed by atoms with Crippen LogP contribution in [0, 0.1) is 13.8 Å². The highest BCUT2D eigenvalue weighted by Crippen LogP contribution is 2.29. The molecule has 2 aromatic rings. The number of hydrogen-bond acceptors (Lipinski definition) is 2. The zero-order valence-corrected chi connectivity index (χ0v) is 13.1. The second kappa shape index (κ2) is 6.59. The largest absolute Gasteiger partial charge is 0.271 e. The first-order chi connectivity index (χ1) is 9.52. The number of rotatable bonds is 4. The topological polar surface area (TPSA) is 38.0 Å². The summed E-state index contributed by atoms with van der Waals surface area (Å²) in [6.07, 6.45) is 0.773. The van der Waals surface area contributed by atoms with Gasteiger partial charge in [-0.05, 0) is 60.7 Å². The van der Waals surface area contributed by atoms with Crippen LogP contribution in [0.25, 0.3) is 0 Å². The first-order valence-corrected chi connectivity index (χ1v) is 7.24. The molecule has 0 aliphatic rings. The van der Waals surface area contributed by atoms with Gasteiger partial charge in [-0.3, -0.25) is 11.3 Å². The van der Waals surface area contributed by atoms with E-state index >= 15 is 0 Å². The Hall–Kier alpha value is -1.06. The number of aryl methyl sites for hydroxylation is 2. The summed E-state index contributed by atoms with van der Waals surface area (Å²) < 4.78 is 0. The van der Waals surface area contributed by atoms with Gasteiger partial charge in [0.25, 0.3) is 0 Å². The van der Waals surface area contributed by atoms with Gasteiger partial charge < -0.3 is 0 Å². The van der Waals surface area contributed by atoms with E-state index in [0.717, 1.165) is 12.0 Å². The Labute approximate surface area is 129 Å². The van der Waals surface area contributed by atoms with Crippen LogP contribution in [0.3, 0.4) is 0 Å². The molecule has 2 aromatic carbocycles. The van der Waals surface area contributed by atoms with E-state index < -0.39 is 0 Å². The van der Waals surface area contributed by atoms with Crippen molar-refractivity contribution in [1.82, 2.24) is 5.43 Å². The molecule has 2 rings (SSSR count). The molecule has 0 fully saturated rings. The van der Waals surface area contributed by atoms with Crippen molar-refractivity contribution in [2.45, 2.75) is 26.3 Å². The van der Waals surface area contributed by atoms with Gasteiger partial charge in [-0.1, -0.05) is 41.4 Å². The molecule has 1 atom stereocenters. The van der Waals surface area contributed by atoms with Crippen molar-refractivity contribution < 1.29 is 0 Å². The van der Waals surface area contributed by atoms with Gasteiger partial charge in [0, 0.05) is 10.0 Å². The minimum Gasteiger partial charge on any atom is -0.271 e. The average Bonchev–Trinajstić information content (AvgIpc) is 2.42. The Balaban J connectivity index is 2.36. The third kappa shape index (κ3) is 3.33. The molecule has 0 heterocycles. The van der Waals surface area contributed by atoms with E-state index in [1.807, 2.05) is 6.07 Å². The lowest BCUT2D eigenvalue weighted by atomic mass is 9.93. The molecule has 2 nitrogen and oxygen atoms in total. The van der Waals surface area contributed by atoms with Gasteiger partial charge in [0.05, 0.1) is 6.04 Å². The van der Waals surface area contributed by atoms with Gasteiger partial charge in [0.2, 0.25) is 0 Å². The second-order valence-corrected chi connectivity index (χ2v) is 5.80. The molecule has 0 radical (unpaired) electrons. The molecule has 1 unspecified atom stereocenters. The predicted molar refractivity (Wildman–Crippen MR) is 86.1 cm³/mol. The van der Waals surface area contributed by atoms with E-state index in [4.69, 9.17) is 29.0 Å². The Bertz CT molecular complexity index is 591. The standard InChI is InChI=1S/C16H18Cl2N2/c1-10-4-3-5-11(2)13(10)9-16(20-19)14-8-12(17)6-7-15(14)18/h3-8,16,20H,9,19H2,1-2H3. The first kappa shape index (κ1) is 15.3. The minimum atomic E-state index is -0.0685. The third-order valence-electron chi connectivity index (χ3n) is 3.59. The summed E-state index contributed by atoms with van der Waals surface area (Å²) in [6, 6.07) is 11.6. The fraction of sp³-hybridized carbons (Fsp3) is 0.250. The van der Waals surface area contributed by atoms with Crippen LogP contribution in [0.5, 0.6) is 0 Å². The lowest BCUT2D eigenvalue weighted by molar-refractivity contribution is 0.550. The van der Waals surface area contributed by atoms with Crippen LogP contribution >= 0.6 is 23.2 Å². The summed E-state index contributed by atoms with van der Waals surface area (Å²) in [5, 5.41) is 1.33. The predicted octanol–water partition coefficient (Wildman–Crippen LogP) is 4.36. The molecule has 20 heavy (non-hydrogen) atoms. The van der Waals surface area contributed by atoms with Crippen LogP contribution in [0.15, 0.2) is 36.4 Å². The monoisotopic (exact) mass is 308 g/mol. The summed E-state index contributed by atoms with van der Waals surface area (Å²) in [5.74, 6) is 5.72. The second-order valence-electron chi connectivity index (χ2n) is 4.96. The van der Waals surface area contributed by atoms with Crippen molar-refractivity contribution in [3.05, 3.63) is 68.7 Å². The fourth-order valence-electron chi connectivity index (χ4n) is 2.42. The molecule has 0 aromatic heterocycles. The van der Waals surface area contributed by atoms with Crippen molar-refractivity contribution in [2.75, 3.05) is 0 Å². The van der Waals surface area contributed by atoms with Crippen molar-refractivity contribution >= 4 is 23.2 Å². The number of hydrogen-bond donors (Lipinski definition) is 2. The highest BCUT2D eigenvalue weighted by Gasteiger charge is 2.16. The van der Waals surface area contributed by atoms with E-state index in [9.17, 15) is 0 Å². The fourth-order valence-corrected chi connectivity index (χ4v) is 2.85. The molecule has 0 amide bonds. The first-order valence-electron chi connectivity index (χ1n) is 6.49. The summed E-state index contributed by atoms with van der Waals surface area (Å²) in [7, 11) is 0. The van der Waals surface area contributed by atoms with Crippen molar-refractivity contribution in [3.63, 3.8) is 0 Å². The third-order valence-corrected chi connectivity index (χ3v) is 4.17. The zero-order chi connectivity index (χ0) is 14.7. The molecule has 106 valence electrons. The average molecular weight is 309 g/mol. The van der Waals surface area contributed by atoms with Gasteiger partial charge in [0.15, 0.2) is 0 Å². The number of hydrazine groups is 1. The van der Waals surface area contributed by atoms with Crippen LogP contribution in [0.4, 0.5) is 0 Å². The minimum absolute atomic E-state index is 0.0685. The molecule has 4 heteroatoms. The van der Waals surface area contributed by atoms with Gasteiger partial charge in [-0.25, -0.2) is 0 Å². The quantitative estimate of drug-likeness (QED) is 0.650. The van der Waals surface area contributed by atoms with Crippen molar-refractivity contribution in [3.8, 4) is 0 Å². The molecule has 0 aliphatic heterocycles.